The lowest BCUT2D eigenvalue weighted by atomic mass is 10.1. The Morgan fingerprint density at radius 3 is 1.55 bits per heavy atom. The largest absolute Gasteiger partial charge is 0.338 e. The minimum Gasteiger partial charge on any atom is -0.338 e. The molecule has 0 atom stereocenters. The van der Waals surface area contributed by atoms with Crippen molar-refractivity contribution < 1.29 is 0 Å². The second-order valence-corrected chi connectivity index (χ2v) is 8.29. The van der Waals surface area contributed by atoms with Crippen molar-refractivity contribution in [3.63, 3.8) is 0 Å². The van der Waals surface area contributed by atoms with Crippen molar-refractivity contribution in [2.45, 2.75) is 27.7 Å². The fourth-order valence-electron chi connectivity index (χ4n) is 3.28. The van der Waals surface area contributed by atoms with Crippen LogP contribution in [0.5, 0.6) is 0 Å². The molecule has 0 unspecified atom stereocenters. The van der Waals surface area contributed by atoms with Crippen LogP contribution >= 0.6 is 23.2 Å². The first-order chi connectivity index (χ1) is 14.9. The van der Waals surface area contributed by atoms with E-state index in [9.17, 15) is 0 Å². The van der Waals surface area contributed by atoms with E-state index < -0.39 is 0 Å². The summed E-state index contributed by atoms with van der Waals surface area (Å²) < 4.78 is 0. The third kappa shape index (κ3) is 6.21. The Labute approximate surface area is 194 Å². The molecule has 0 radical (unpaired) electrons. The van der Waals surface area contributed by atoms with Crippen LogP contribution in [0.25, 0.3) is 0 Å². The Bertz CT molecular complexity index is 963. The molecule has 0 aliphatic heterocycles. The fraction of sp³-hybridized carbons (Fsp3) is 0.348. The molecule has 8 heteroatoms. The summed E-state index contributed by atoms with van der Waals surface area (Å²) in [5.41, 5.74) is 6.52. The molecule has 3 rings (SSSR count). The van der Waals surface area contributed by atoms with Gasteiger partial charge in [-0.2, -0.15) is 15.0 Å². The van der Waals surface area contributed by atoms with E-state index in [1.54, 1.807) is 0 Å². The van der Waals surface area contributed by atoms with Crippen LogP contribution < -0.4 is 15.5 Å². The highest BCUT2D eigenvalue weighted by Gasteiger charge is 2.15. The van der Waals surface area contributed by atoms with Gasteiger partial charge in [-0.05, 0) is 51.0 Å². The molecule has 0 saturated heterocycles. The van der Waals surface area contributed by atoms with Crippen molar-refractivity contribution >= 4 is 52.4 Å². The Morgan fingerprint density at radius 1 is 0.710 bits per heavy atom. The van der Waals surface area contributed by atoms with Crippen molar-refractivity contribution in [2.75, 3.05) is 40.4 Å². The molecule has 1 aromatic heterocycles. The Kier molecular flexibility index (Phi) is 7.93. The molecule has 6 nitrogen and oxygen atoms in total. The van der Waals surface area contributed by atoms with Gasteiger partial charge in [-0.3, -0.25) is 0 Å². The maximum atomic E-state index is 6.01. The van der Waals surface area contributed by atoms with Gasteiger partial charge in [0.2, 0.25) is 17.8 Å². The van der Waals surface area contributed by atoms with Crippen molar-refractivity contribution in [1.82, 2.24) is 15.0 Å². The highest BCUT2D eigenvalue weighted by Crippen LogP contribution is 2.24. The zero-order valence-electron chi connectivity index (χ0n) is 18.3. The van der Waals surface area contributed by atoms with E-state index in [1.165, 1.54) is 11.1 Å². The van der Waals surface area contributed by atoms with Crippen LogP contribution in [-0.2, 0) is 0 Å². The van der Waals surface area contributed by atoms with E-state index in [2.05, 4.69) is 77.5 Å². The molecule has 0 fully saturated rings. The van der Waals surface area contributed by atoms with Crippen molar-refractivity contribution in [3.05, 3.63) is 58.7 Å². The van der Waals surface area contributed by atoms with Crippen LogP contribution in [-0.4, -0.2) is 39.8 Å². The van der Waals surface area contributed by atoms with E-state index in [1.807, 2.05) is 17.0 Å². The van der Waals surface area contributed by atoms with Gasteiger partial charge in [0, 0.05) is 36.2 Å². The Balaban J connectivity index is 2.00. The number of hydrogen-bond acceptors (Lipinski definition) is 6. The highest BCUT2D eigenvalue weighted by molar-refractivity contribution is 6.18. The minimum absolute atomic E-state index is 0.447. The summed E-state index contributed by atoms with van der Waals surface area (Å²) in [4.78, 5) is 15.9. The number of alkyl halides is 2. The van der Waals surface area contributed by atoms with Gasteiger partial charge in [-0.1, -0.05) is 35.4 Å². The molecular formula is C23H28Cl2N6. The topological polar surface area (TPSA) is 66.0 Å². The fourth-order valence-corrected chi connectivity index (χ4v) is 3.69. The summed E-state index contributed by atoms with van der Waals surface area (Å²) in [6.45, 7) is 9.42. The number of anilines is 5. The average Bonchev–Trinajstić information content (AvgIpc) is 2.72. The van der Waals surface area contributed by atoms with Crippen LogP contribution in [0, 0.1) is 27.7 Å². The summed E-state index contributed by atoms with van der Waals surface area (Å²) in [5.74, 6) is 2.33. The maximum Gasteiger partial charge on any atom is 0.233 e. The van der Waals surface area contributed by atoms with Gasteiger partial charge in [-0.15, -0.1) is 23.2 Å². The van der Waals surface area contributed by atoms with Crippen LogP contribution in [0.2, 0.25) is 0 Å². The molecule has 2 N–H and O–H groups in total. The number of halogens is 2. The number of nitrogens with one attached hydrogen (secondary N) is 2. The first-order valence-corrected chi connectivity index (χ1v) is 11.3. The average molecular weight is 459 g/mol. The zero-order valence-corrected chi connectivity index (χ0v) is 19.8. The van der Waals surface area contributed by atoms with Gasteiger partial charge in [-0.25, -0.2) is 0 Å². The third-order valence-electron chi connectivity index (χ3n) is 4.87. The van der Waals surface area contributed by atoms with Gasteiger partial charge in [0.25, 0.3) is 0 Å². The summed E-state index contributed by atoms with van der Waals surface area (Å²) in [5, 5.41) is 6.67. The molecule has 0 spiro atoms. The molecule has 0 saturated carbocycles. The first kappa shape index (κ1) is 23.1. The van der Waals surface area contributed by atoms with Gasteiger partial charge in [0.1, 0.15) is 0 Å². The van der Waals surface area contributed by atoms with Crippen LogP contribution in [0.4, 0.5) is 29.2 Å². The smallest absolute Gasteiger partial charge is 0.233 e. The van der Waals surface area contributed by atoms with E-state index in [0.29, 0.717) is 42.7 Å². The van der Waals surface area contributed by atoms with Crippen LogP contribution in [0.3, 0.4) is 0 Å². The van der Waals surface area contributed by atoms with Crippen LogP contribution in [0.1, 0.15) is 22.3 Å². The van der Waals surface area contributed by atoms with Gasteiger partial charge in [0.05, 0.1) is 0 Å². The molecule has 2 aromatic carbocycles. The van der Waals surface area contributed by atoms with Crippen molar-refractivity contribution in [2.24, 2.45) is 0 Å². The second-order valence-electron chi connectivity index (χ2n) is 7.53. The third-order valence-corrected chi connectivity index (χ3v) is 5.21. The van der Waals surface area contributed by atoms with Gasteiger partial charge >= 0.3 is 0 Å². The Hall–Kier alpha value is -2.57. The maximum absolute atomic E-state index is 6.01. The lowest BCUT2D eigenvalue weighted by Gasteiger charge is -2.22. The second kappa shape index (κ2) is 10.6. The molecule has 1 heterocycles. The quantitative estimate of drug-likeness (QED) is 0.390. The monoisotopic (exact) mass is 458 g/mol. The van der Waals surface area contributed by atoms with E-state index >= 15 is 0 Å². The molecule has 0 aliphatic carbocycles. The zero-order chi connectivity index (χ0) is 22.4. The molecule has 0 amide bonds. The normalized spacial score (nSPS) is 10.8. The molecule has 0 aliphatic rings. The van der Waals surface area contributed by atoms with E-state index in [-0.39, 0.29) is 0 Å². The Morgan fingerprint density at radius 2 is 1.16 bits per heavy atom. The summed E-state index contributed by atoms with van der Waals surface area (Å²) in [7, 11) is 0. The van der Waals surface area contributed by atoms with Gasteiger partial charge < -0.3 is 15.5 Å². The molecule has 3 aromatic rings. The summed E-state index contributed by atoms with van der Waals surface area (Å²) >= 11 is 12.0. The first-order valence-electron chi connectivity index (χ1n) is 10.2. The van der Waals surface area contributed by atoms with Crippen molar-refractivity contribution in [3.8, 4) is 0 Å². The van der Waals surface area contributed by atoms with E-state index in [0.717, 1.165) is 22.5 Å². The molecule has 0 bridgehead atoms. The number of benzene rings is 2. The standard InChI is InChI=1S/C23H28Cl2N6/c1-15-5-7-19(17(3)13-15)26-21-28-22(27-20-8-6-16(2)14-18(20)4)30-23(29-21)31(11-9-24)12-10-25/h5-8,13-14H,9-12H2,1-4H3,(H2,26,27,28,29,30). The highest BCUT2D eigenvalue weighted by atomic mass is 35.5. The lowest BCUT2D eigenvalue weighted by molar-refractivity contribution is 0.821. The van der Waals surface area contributed by atoms with Crippen molar-refractivity contribution in [1.29, 1.82) is 0 Å². The number of aryl methyl sites for hydroxylation is 4. The van der Waals surface area contributed by atoms with Gasteiger partial charge in [0.15, 0.2) is 0 Å². The molecular weight excluding hydrogens is 431 g/mol. The number of hydrogen-bond donors (Lipinski definition) is 2. The summed E-state index contributed by atoms with van der Waals surface area (Å²) in [6.07, 6.45) is 0. The van der Waals surface area contributed by atoms with Crippen LogP contribution in [0.15, 0.2) is 36.4 Å². The predicted molar refractivity (Wildman–Crippen MR) is 132 cm³/mol. The number of nitrogens with zero attached hydrogens (tertiary/aromatic N) is 4. The SMILES string of the molecule is Cc1ccc(Nc2nc(Nc3ccc(C)cc3C)nc(N(CCCl)CCCl)n2)c(C)c1. The number of rotatable bonds is 9. The molecule has 31 heavy (non-hydrogen) atoms. The minimum atomic E-state index is 0.447. The predicted octanol–water partition coefficient (Wildman–Crippen LogP) is 5.88. The number of aromatic nitrogens is 3. The molecule has 164 valence electrons. The summed E-state index contributed by atoms with van der Waals surface area (Å²) in [6, 6.07) is 12.4. The van der Waals surface area contributed by atoms with E-state index in [4.69, 9.17) is 23.2 Å². The lowest BCUT2D eigenvalue weighted by Crippen LogP contribution is -2.30.